The lowest BCUT2D eigenvalue weighted by atomic mass is 9.89. The van der Waals surface area contributed by atoms with E-state index in [1.165, 1.54) is 0 Å². The summed E-state index contributed by atoms with van der Waals surface area (Å²) in [6.07, 6.45) is 3.61. The van der Waals surface area contributed by atoms with Gasteiger partial charge >= 0.3 is 5.97 Å². The number of ether oxygens (including phenoxy) is 1. The molecular formula is C20H27N3O3. The number of benzene rings is 1. The Kier molecular flexibility index (Phi) is 6.41. The fraction of sp³-hybridized carbons (Fsp3) is 0.500. The second kappa shape index (κ2) is 8.96. The number of amides is 1. The molecule has 2 fully saturated rings. The van der Waals surface area contributed by atoms with E-state index in [1.54, 1.807) is 18.2 Å². The minimum atomic E-state index is -0.124. The first-order chi connectivity index (χ1) is 12.7. The van der Waals surface area contributed by atoms with Crippen LogP contribution in [0.4, 0.5) is 0 Å². The topological polar surface area (TPSA) is 70.7 Å². The number of rotatable bonds is 8. The summed E-state index contributed by atoms with van der Waals surface area (Å²) in [5.74, 6) is 0.170. The number of fused-ring (bicyclic) bond motifs is 2. The Morgan fingerprint density at radius 1 is 1.27 bits per heavy atom. The van der Waals surface area contributed by atoms with Crippen LogP contribution in [0.15, 0.2) is 43.0 Å². The Morgan fingerprint density at radius 2 is 2.08 bits per heavy atom. The number of carbonyl (C=O) groups is 2. The van der Waals surface area contributed by atoms with Crippen molar-refractivity contribution in [2.75, 3.05) is 32.8 Å². The normalized spacial score (nSPS) is 26.9. The van der Waals surface area contributed by atoms with Crippen LogP contribution in [0.2, 0.25) is 0 Å². The molecule has 0 aliphatic carbocycles. The van der Waals surface area contributed by atoms with Crippen LogP contribution in [0.1, 0.15) is 23.2 Å². The van der Waals surface area contributed by atoms with Gasteiger partial charge in [-0.25, -0.2) is 0 Å². The third-order valence-electron chi connectivity index (χ3n) is 5.13. The largest absolute Gasteiger partial charge is 0.460 e. The molecule has 2 bridgehead atoms. The molecule has 0 saturated carbocycles. The van der Waals surface area contributed by atoms with Crippen LogP contribution >= 0.6 is 0 Å². The van der Waals surface area contributed by atoms with Crippen molar-refractivity contribution in [1.82, 2.24) is 15.5 Å². The van der Waals surface area contributed by atoms with Crippen LogP contribution in [0, 0.1) is 5.92 Å². The van der Waals surface area contributed by atoms with Gasteiger partial charge in [-0.2, -0.15) is 0 Å². The highest BCUT2D eigenvalue weighted by Gasteiger charge is 2.45. The summed E-state index contributed by atoms with van der Waals surface area (Å²) < 4.78 is 5.25. The molecule has 1 aromatic rings. The van der Waals surface area contributed by atoms with E-state index in [0.717, 1.165) is 32.5 Å². The lowest BCUT2D eigenvalue weighted by molar-refractivity contribution is -0.150. The van der Waals surface area contributed by atoms with E-state index in [0.29, 0.717) is 24.1 Å². The van der Waals surface area contributed by atoms with Gasteiger partial charge in [0, 0.05) is 31.2 Å². The number of piperidine rings is 1. The predicted octanol–water partition coefficient (Wildman–Crippen LogP) is 1.20. The molecule has 26 heavy (non-hydrogen) atoms. The molecule has 0 spiro atoms. The summed E-state index contributed by atoms with van der Waals surface area (Å²) in [6.45, 7) is 6.95. The second-order valence-electron chi connectivity index (χ2n) is 6.92. The molecule has 1 aromatic carbocycles. The molecule has 0 radical (unpaired) electrons. The van der Waals surface area contributed by atoms with Crippen LogP contribution < -0.4 is 10.6 Å². The van der Waals surface area contributed by atoms with Crippen molar-refractivity contribution in [1.29, 1.82) is 0 Å². The first-order valence-electron chi connectivity index (χ1n) is 9.27. The molecule has 2 aliphatic rings. The zero-order valence-electron chi connectivity index (χ0n) is 15.0. The van der Waals surface area contributed by atoms with Gasteiger partial charge in [0.25, 0.3) is 5.91 Å². The summed E-state index contributed by atoms with van der Waals surface area (Å²) in [5.41, 5.74) is 0.676. The van der Waals surface area contributed by atoms with E-state index in [-0.39, 0.29) is 24.5 Å². The smallest absolute Gasteiger partial charge is 0.323 e. The summed E-state index contributed by atoms with van der Waals surface area (Å²) in [7, 11) is 0. The minimum Gasteiger partial charge on any atom is -0.460 e. The molecule has 6 heteroatoms. The fourth-order valence-electron chi connectivity index (χ4n) is 3.96. The highest BCUT2D eigenvalue weighted by molar-refractivity contribution is 5.94. The molecule has 4 unspecified atom stereocenters. The van der Waals surface area contributed by atoms with Gasteiger partial charge in [0.05, 0.1) is 0 Å². The molecule has 1 amide bonds. The Bertz CT molecular complexity index is 620. The summed E-state index contributed by atoms with van der Waals surface area (Å²) in [4.78, 5) is 26.4. The third-order valence-corrected chi connectivity index (χ3v) is 5.13. The average Bonchev–Trinajstić information content (AvgIpc) is 2.94. The lowest BCUT2D eigenvalue weighted by Crippen LogP contribution is -2.53. The second-order valence-corrected chi connectivity index (χ2v) is 6.92. The lowest BCUT2D eigenvalue weighted by Gasteiger charge is -2.36. The first-order valence-corrected chi connectivity index (χ1v) is 9.27. The molecular weight excluding hydrogens is 330 g/mol. The van der Waals surface area contributed by atoms with Crippen molar-refractivity contribution < 1.29 is 14.3 Å². The van der Waals surface area contributed by atoms with Gasteiger partial charge in [0.2, 0.25) is 0 Å². The minimum absolute atomic E-state index is 0.0510. The van der Waals surface area contributed by atoms with Crippen molar-refractivity contribution in [2.45, 2.75) is 24.9 Å². The Hall–Kier alpha value is -2.18. The Morgan fingerprint density at radius 3 is 2.81 bits per heavy atom. The van der Waals surface area contributed by atoms with Gasteiger partial charge in [-0.15, -0.1) is 0 Å². The van der Waals surface area contributed by atoms with E-state index in [9.17, 15) is 9.59 Å². The summed E-state index contributed by atoms with van der Waals surface area (Å²) in [6, 6.07) is 9.46. The summed E-state index contributed by atoms with van der Waals surface area (Å²) in [5, 5.41) is 6.44. The molecule has 2 N–H and O–H groups in total. The fourth-order valence-corrected chi connectivity index (χ4v) is 3.96. The third kappa shape index (κ3) is 4.51. The van der Waals surface area contributed by atoms with E-state index in [4.69, 9.17) is 4.74 Å². The summed E-state index contributed by atoms with van der Waals surface area (Å²) >= 11 is 0. The van der Waals surface area contributed by atoms with Crippen molar-refractivity contribution >= 4 is 11.9 Å². The maximum Gasteiger partial charge on any atom is 0.323 e. The van der Waals surface area contributed by atoms with E-state index in [1.807, 2.05) is 18.2 Å². The van der Waals surface area contributed by atoms with Crippen molar-refractivity contribution in [3.8, 4) is 0 Å². The molecule has 2 heterocycles. The average molecular weight is 357 g/mol. The van der Waals surface area contributed by atoms with E-state index < -0.39 is 0 Å². The standard InChI is InChI=1S/C20H27N3O3/c1-2-12-26-20(25)18-16-8-11-23(18)14-17(13-16)21-9-10-22-19(24)15-6-4-3-5-7-15/h2-7,16-18,21H,1,8-14H2,(H,22,24). The molecule has 4 atom stereocenters. The van der Waals surface area contributed by atoms with Gasteiger partial charge in [0.1, 0.15) is 12.6 Å². The van der Waals surface area contributed by atoms with Gasteiger partial charge in [-0.3, -0.25) is 14.5 Å². The molecule has 6 nitrogen and oxygen atoms in total. The van der Waals surface area contributed by atoms with E-state index >= 15 is 0 Å². The molecule has 2 saturated heterocycles. The molecule has 140 valence electrons. The highest BCUT2D eigenvalue weighted by Crippen LogP contribution is 2.34. The maximum absolute atomic E-state index is 12.2. The van der Waals surface area contributed by atoms with Crippen LogP contribution in [-0.2, 0) is 9.53 Å². The quantitative estimate of drug-likeness (QED) is 0.416. The number of hydrogen-bond donors (Lipinski definition) is 2. The number of esters is 1. The van der Waals surface area contributed by atoms with Gasteiger partial charge in [-0.05, 0) is 37.4 Å². The molecule has 3 rings (SSSR count). The van der Waals surface area contributed by atoms with Gasteiger partial charge < -0.3 is 15.4 Å². The van der Waals surface area contributed by atoms with Gasteiger partial charge in [-0.1, -0.05) is 30.9 Å². The zero-order chi connectivity index (χ0) is 18.4. The van der Waals surface area contributed by atoms with Crippen molar-refractivity contribution in [3.63, 3.8) is 0 Å². The molecule has 0 aromatic heterocycles. The van der Waals surface area contributed by atoms with Crippen LogP contribution in [-0.4, -0.2) is 61.6 Å². The van der Waals surface area contributed by atoms with Crippen LogP contribution in [0.5, 0.6) is 0 Å². The number of carbonyl (C=O) groups excluding carboxylic acids is 2. The van der Waals surface area contributed by atoms with Gasteiger partial charge in [0.15, 0.2) is 0 Å². The maximum atomic E-state index is 12.2. The zero-order valence-corrected chi connectivity index (χ0v) is 15.0. The van der Waals surface area contributed by atoms with Crippen LogP contribution in [0.25, 0.3) is 0 Å². The van der Waals surface area contributed by atoms with Crippen molar-refractivity contribution in [3.05, 3.63) is 48.6 Å². The Labute approximate surface area is 154 Å². The Balaban J connectivity index is 1.39. The van der Waals surface area contributed by atoms with Crippen LogP contribution in [0.3, 0.4) is 0 Å². The predicted molar refractivity (Wildman–Crippen MR) is 99.8 cm³/mol. The highest BCUT2D eigenvalue weighted by atomic mass is 16.5. The number of hydrogen-bond acceptors (Lipinski definition) is 5. The van der Waals surface area contributed by atoms with Crippen molar-refractivity contribution in [2.24, 2.45) is 5.92 Å². The number of nitrogens with zero attached hydrogens (tertiary/aromatic N) is 1. The first kappa shape index (κ1) is 18.6. The number of nitrogens with one attached hydrogen (secondary N) is 2. The van der Waals surface area contributed by atoms with E-state index in [2.05, 4.69) is 22.1 Å². The monoisotopic (exact) mass is 357 g/mol. The SMILES string of the molecule is C=CCOC(=O)C1C2CCN1CC(NCCNC(=O)c1ccccc1)C2. The molecule has 2 aliphatic heterocycles.